The number of H-pyrrole nitrogens is 1. The van der Waals surface area contributed by atoms with E-state index in [0.29, 0.717) is 30.0 Å². The van der Waals surface area contributed by atoms with Gasteiger partial charge in [-0.2, -0.15) is 0 Å². The van der Waals surface area contributed by atoms with Gasteiger partial charge in [0.05, 0.1) is 17.4 Å². The van der Waals surface area contributed by atoms with Crippen LogP contribution in [0.1, 0.15) is 38.8 Å². The summed E-state index contributed by atoms with van der Waals surface area (Å²) in [4.78, 5) is 16.1. The fourth-order valence-corrected chi connectivity index (χ4v) is 4.38. The summed E-state index contributed by atoms with van der Waals surface area (Å²) in [5, 5.41) is 17.6. The quantitative estimate of drug-likeness (QED) is 0.143. The summed E-state index contributed by atoms with van der Waals surface area (Å²) in [6.07, 6.45) is 0. The van der Waals surface area contributed by atoms with Crippen LogP contribution < -0.4 is 27.6 Å². The third-order valence-corrected chi connectivity index (χ3v) is 5.89. The van der Waals surface area contributed by atoms with Crippen molar-refractivity contribution >= 4 is 28.2 Å². The van der Waals surface area contributed by atoms with Gasteiger partial charge in [0.2, 0.25) is 0 Å². The second kappa shape index (κ2) is 7.92. The molecule has 1 aromatic heterocycles. The number of nitrogen functional groups attached to an aromatic ring is 2. The van der Waals surface area contributed by atoms with Crippen molar-refractivity contribution in [1.82, 2.24) is 15.6 Å². The summed E-state index contributed by atoms with van der Waals surface area (Å²) in [5.74, 6) is 5.44. The van der Waals surface area contributed by atoms with Gasteiger partial charge in [0.25, 0.3) is 5.91 Å². The van der Waals surface area contributed by atoms with Crippen molar-refractivity contribution in [3.05, 3.63) is 88.6 Å². The Labute approximate surface area is 184 Å². The Hall–Kier alpha value is -4.01. The first-order valence-electron chi connectivity index (χ1n) is 10.3. The number of para-hydroxylation sites is 1. The Morgan fingerprint density at radius 3 is 2.69 bits per heavy atom. The zero-order chi connectivity index (χ0) is 22.2. The van der Waals surface area contributed by atoms with E-state index in [-0.39, 0.29) is 17.7 Å². The van der Waals surface area contributed by atoms with Gasteiger partial charge in [-0.15, -0.1) is 0 Å². The highest BCUT2D eigenvalue weighted by molar-refractivity contribution is 6.01. The molecule has 1 aliphatic rings. The van der Waals surface area contributed by atoms with Gasteiger partial charge in [-0.05, 0) is 47.5 Å². The highest BCUT2D eigenvalue weighted by Gasteiger charge is 2.33. The number of aromatic nitrogens is 1. The number of nitrogens with two attached hydrogens (primary N) is 2. The first kappa shape index (κ1) is 19.9. The number of aromatic hydroxyl groups is 1. The molecule has 3 aromatic carbocycles. The van der Waals surface area contributed by atoms with Crippen LogP contribution in [0.5, 0.6) is 5.75 Å². The molecule has 0 bridgehead atoms. The maximum atomic E-state index is 12.6. The number of hydrogen-bond donors (Lipinski definition) is 7. The van der Waals surface area contributed by atoms with Crippen LogP contribution in [0.25, 0.3) is 10.9 Å². The first-order valence-corrected chi connectivity index (χ1v) is 10.3. The van der Waals surface area contributed by atoms with Gasteiger partial charge in [0.15, 0.2) is 0 Å². The molecule has 0 aliphatic carbocycles. The van der Waals surface area contributed by atoms with Crippen LogP contribution in [0.2, 0.25) is 0 Å². The van der Waals surface area contributed by atoms with Gasteiger partial charge in [0, 0.05) is 40.8 Å². The van der Waals surface area contributed by atoms with Gasteiger partial charge in [-0.3, -0.25) is 10.6 Å². The minimum Gasteiger partial charge on any atom is -0.508 e. The number of rotatable bonds is 6. The van der Waals surface area contributed by atoms with E-state index < -0.39 is 0 Å². The molecule has 0 radical (unpaired) electrons. The first-order chi connectivity index (χ1) is 15.5. The molecule has 1 unspecified atom stereocenters. The number of carbonyl (C=O) groups is 1. The number of phenols is 1. The average molecular weight is 428 g/mol. The third-order valence-electron chi connectivity index (χ3n) is 5.89. The van der Waals surface area contributed by atoms with Crippen LogP contribution in [0.4, 0.5) is 11.4 Å². The maximum Gasteiger partial charge on any atom is 0.252 e. The number of carbonyl (C=O) groups excluding carboxylic acids is 1. The normalized spacial score (nSPS) is 15.0. The van der Waals surface area contributed by atoms with Crippen LogP contribution in [0, 0.1) is 0 Å². The number of phenolic OH excluding ortho intramolecular Hbond substituents is 1. The predicted octanol–water partition coefficient (Wildman–Crippen LogP) is 2.86. The van der Waals surface area contributed by atoms with E-state index in [1.807, 2.05) is 42.5 Å². The zero-order valence-electron chi connectivity index (χ0n) is 17.3. The van der Waals surface area contributed by atoms with Gasteiger partial charge < -0.3 is 31.9 Å². The lowest BCUT2D eigenvalue weighted by Gasteiger charge is -2.15. The van der Waals surface area contributed by atoms with Gasteiger partial charge in [-0.1, -0.05) is 24.3 Å². The SMILES string of the molecule is NNc1ccc(CNCc2[nH]c3ccccc3c2C2NC(=O)c3ccc(O)cc32)cc1N. The van der Waals surface area contributed by atoms with Crippen molar-refractivity contribution in [2.24, 2.45) is 5.84 Å². The lowest BCUT2D eigenvalue weighted by atomic mass is 9.95. The number of hydrazine groups is 1. The number of benzene rings is 3. The second-order valence-corrected chi connectivity index (χ2v) is 7.91. The Balaban J connectivity index is 1.46. The van der Waals surface area contributed by atoms with Crippen LogP contribution in [0.3, 0.4) is 0 Å². The van der Waals surface area contributed by atoms with Crippen molar-refractivity contribution in [3.63, 3.8) is 0 Å². The number of hydrogen-bond acceptors (Lipinski definition) is 6. The summed E-state index contributed by atoms with van der Waals surface area (Å²) in [7, 11) is 0. The van der Waals surface area contributed by atoms with E-state index in [0.717, 1.165) is 33.3 Å². The Bertz CT molecular complexity index is 1330. The topological polar surface area (TPSA) is 141 Å². The minimum absolute atomic E-state index is 0.137. The molecule has 162 valence electrons. The fourth-order valence-electron chi connectivity index (χ4n) is 4.38. The molecule has 5 rings (SSSR count). The van der Waals surface area contributed by atoms with Crippen molar-refractivity contribution in [2.45, 2.75) is 19.1 Å². The summed E-state index contributed by atoms with van der Waals surface area (Å²) in [5.41, 5.74) is 15.2. The number of amides is 1. The lowest BCUT2D eigenvalue weighted by molar-refractivity contribution is 0.0960. The molecule has 2 heterocycles. The van der Waals surface area contributed by atoms with E-state index >= 15 is 0 Å². The summed E-state index contributed by atoms with van der Waals surface area (Å²) in [6, 6.07) is 18.2. The van der Waals surface area contributed by atoms with Crippen molar-refractivity contribution in [2.75, 3.05) is 11.2 Å². The van der Waals surface area contributed by atoms with Crippen molar-refractivity contribution in [3.8, 4) is 5.75 Å². The fraction of sp³-hybridized carbons (Fsp3) is 0.125. The van der Waals surface area contributed by atoms with Gasteiger partial charge in [-0.25, -0.2) is 0 Å². The Kier molecular flexibility index (Phi) is 4.93. The Morgan fingerprint density at radius 2 is 1.88 bits per heavy atom. The molecule has 0 saturated heterocycles. The van der Waals surface area contributed by atoms with E-state index in [4.69, 9.17) is 11.6 Å². The maximum absolute atomic E-state index is 12.6. The monoisotopic (exact) mass is 428 g/mol. The number of nitrogens with one attached hydrogen (secondary N) is 4. The van der Waals surface area contributed by atoms with Crippen LogP contribution >= 0.6 is 0 Å². The summed E-state index contributed by atoms with van der Waals surface area (Å²) in [6.45, 7) is 1.17. The molecular formula is C24H24N6O2. The molecule has 1 amide bonds. The Morgan fingerprint density at radius 1 is 1.03 bits per heavy atom. The van der Waals surface area contributed by atoms with Crippen LogP contribution in [-0.4, -0.2) is 16.0 Å². The standard InChI is InChI=1S/C24H24N6O2/c25-18-9-13(5-8-20(18)30-26)11-27-12-21-22(16-3-1-2-4-19(16)28-21)23-17-10-14(31)6-7-15(17)24(32)29-23/h1-10,23,27-28,30-31H,11-12,25-26H2,(H,29,32). The van der Waals surface area contributed by atoms with Gasteiger partial charge >= 0.3 is 0 Å². The molecule has 1 atom stereocenters. The third kappa shape index (κ3) is 3.41. The minimum atomic E-state index is -0.344. The van der Waals surface area contributed by atoms with E-state index in [2.05, 4.69) is 21.0 Å². The highest BCUT2D eigenvalue weighted by atomic mass is 16.3. The molecule has 0 fully saturated rings. The van der Waals surface area contributed by atoms with Crippen LogP contribution in [-0.2, 0) is 13.1 Å². The van der Waals surface area contributed by atoms with Gasteiger partial charge in [0.1, 0.15) is 5.75 Å². The smallest absolute Gasteiger partial charge is 0.252 e. The highest BCUT2D eigenvalue weighted by Crippen LogP contribution is 2.38. The average Bonchev–Trinajstić information content (AvgIpc) is 3.30. The number of fused-ring (bicyclic) bond motifs is 2. The number of anilines is 2. The molecule has 0 saturated carbocycles. The lowest BCUT2D eigenvalue weighted by Crippen LogP contribution is -2.22. The van der Waals surface area contributed by atoms with E-state index in [1.165, 1.54) is 6.07 Å². The molecule has 1 aliphatic heterocycles. The zero-order valence-corrected chi connectivity index (χ0v) is 17.3. The van der Waals surface area contributed by atoms with Crippen molar-refractivity contribution in [1.29, 1.82) is 0 Å². The van der Waals surface area contributed by atoms with E-state index in [9.17, 15) is 9.90 Å². The van der Waals surface area contributed by atoms with Crippen LogP contribution in [0.15, 0.2) is 60.7 Å². The number of aromatic amines is 1. The molecule has 8 heteroatoms. The molecular weight excluding hydrogens is 404 g/mol. The van der Waals surface area contributed by atoms with Crippen molar-refractivity contribution < 1.29 is 9.90 Å². The van der Waals surface area contributed by atoms with E-state index in [1.54, 1.807) is 12.1 Å². The summed E-state index contributed by atoms with van der Waals surface area (Å²) < 4.78 is 0. The molecule has 4 aromatic rings. The predicted molar refractivity (Wildman–Crippen MR) is 125 cm³/mol. The largest absolute Gasteiger partial charge is 0.508 e. The molecule has 9 N–H and O–H groups in total. The molecule has 8 nitrogen and oxygen atoms in total. The second-order valence-electron chi connectivity index (χ2n) is 7.91. The summed E-state index contributed by atoms with van der Waals surface area (Å²) >= 11 is 0. The molecule has 32 heavy (non-hydrogen) atoms. The molecule has 0 spiro atoms.